The maximum Gasteiger partial charge on any atom is 0.488 e. The second kappa shape index (κ2) is 5.36. The molecule has 0 aliphatic carbocycles. The lowest BCUT2D eigenvalue weighted by atomic mass is 9.77. The summed E-state index contributed by atoms with van der Waals surface area (Å²) in [6.07, 6.45) is 1.77. The fraction of sp³-hybridized carbons (Fsp3) is 0.0714. The Kier molecular flexibility index (Phi) is 3.41. The quantitative estimate of drug-likeness (QED) is 0.528. The summed E-state index contributed by atoms with van der Waals surface area (Å²) in [5.74, 6) is 0. The molecule has 1 heterocycles. The van der Waals surface area contributed by atoms with E-state index < -0.39 is 7.12 Å². The summed E-state index contributed by atoms with van der Waals surface area (Å²) in [7, 11) is -1.45. The Morgan fingerprint density at radius 1 is 1.15 bits per heavy atom. The molecule has 5 nitrogen and oxygen atoms in total. The Bertz CT molecular complexity index is 727. The molecule has 1 aromatic heterocycles. The third kappa shape index (κ3) is 2.52. The number of fused-ring (bicyclic) bond motifs is 1. The monoisotopic (exact) mass is 267 g/mol. The molecule has 0 aliphatic heterocycles. The van der Waals surface area contributed by atoms with E-state index in [-0.39, 0.29) is 0 Å². The van der Waals surface area contributed by atoms with Crippen molar-refractivity contribution < 1.29 is 10.0 Å². The van der Waals surface area contributed by atoms with E-state index in [1.165, 1.54) is 0 Å². The van der Waals surface area contributed by atoms with Crippen LogP contribution in [0.25, 0.3) is 10.9 Å². The highest BCUT2D eigenvalue weighted by molar-refractivity contribution is 6.59. The first-order valence-electron chi connectivity index (χ1n) is 6.35. The summed E-state index contributed by atoms with van der Waals surface area (Å²) < 4.78 is 0. The Hall–Kier alpha value is -2.31. The maximum absolute atomic E-state index is 9.33. The number of benzene rings is 2. The molecule has 0 fully saturated rings. The van der Waals surface area contributed by atoms with Crippen LogP contribution in [0.5, 0.6) is 0 Å². The van der Waals surface area contributed by atoms with Crippen molar-refractivity contribution in [3.63, 3.8) is 0 Å². The Morgan fingerprint density at radius 3 is 2.85 bits per heavy atom. The standard InChI is InChI=1S/C14H14BN3O2/c19-15(20)13-4-2-1-3-10(13)8-16-12-5-6-14-11(7-12)9-17-18-14/h1-7,9,16,19-20H,8H2,(H,17,18). The van der Waals surface area contributed by atoms with Gasteiger partial charge in [0.2, 0.25) is 0 Å². The molecule has 0 saturated carbocycles. The van der Waals surface area contributed by atoms with Gasteiger partial charge in [0.15, 0.2) is 0 Å². The summed E-state index contributed by atoms with van der Waals surface area (Å²) in [4.78, 5) is 0. The molecule has 2 aromatic carbocycles. The molecule has 3 rings (SSSR count). The van der Waals surface area contributed by atoms with Gasteiger partial charge >= 0.3 is 7.12 Å². The minimum Gasteiger partial charge on any atom is -0.423 e. The molecule has 100 valence electrons. The molecule has 4 N–H and O–H groups in total. The molecule has 0 radical (unpaired) electrons. The molecule has 0 unspecified atom stereocenters. The average molecular weight is 267 g/mol. The number of H-pyrrole nitrogens is 1. The fourth-order valence-corrected chi connectivity index (χ4v) is 2.20. The molecule has 0 bridgehead atoms. The predicted octanol–water partition coefficient (Wildman–Crippen LogP) is 0.855. The van der Waals surface area contributed by atoms with E-state index >= 15 is 0 Å². The second-order valence-electron chi connectivity index (χ2n) is 4.60. The van der Waals surface area contributed by atoms with E-state index in [2.05, 4.69) is 15.5 Å². The van der Waals surface area contributed by atoms with Gasteiger partial charge in [-0.05, 0) is 29.2 Å². The average Bonchev–Trinajstić information content (AvgIpc) is 2.92. The van der Waals surface area contributed by atoms with E-state index in [9.17, 15) is 10.0 Å². The summed E-state index contributed by atoms with van der Waals surface area (Å²) in [5, 5.41) is 29.8. The largest absolute Gasteiger partial charge is 0.488 e. The van der Waals surface area contributed by atoms with Gasteiger partial charge in [-0.1, -0.05) is 24.3 Å². The van der Waals surface area contributed by atoms with E-state index in [0.29, 0.717) is 12.0 Å². The topological polar surface area (TPSA) is 81.2 Å². The lowest BCUT2D eigenvalue weighted by molar-refractivity contribution is 0.425. The SMILES string of the molecule is OB(O)c1ccccc1CNc1ccc2[nH]ncc2c1. The first-order valence-corrected chi connectivity index (χ1v) is 6.35. The Balaban J connectivity index is 1.79. The number of aromatic nitrogens is 2. The maximum atomic E-state index is 9.33. The van der Waals surface area contributed by atoms with Gasteiger partial charge in [-0.2, -0.15) is 5.10 Å². The van der Waals surface area contributed by atoms with Crippen LogP contribution >= 0.6 is 0 Å². The lowest BCUT2D eigenvalue weighted by Gasteiger charge is -2.11. The van der Waals surface area contributed by atoms with Crippen molar-refractivity contribution in [2.24, 2.45) is 0 Å². The molecule has 0 aliphatic rings. The minimum absolute atomic E-state index is 0.518. The molecule has 0 spiro atoms. The number of rotatable bonds is 4. The number of anilines is 1. The number of hydrogen-bond donors (Lipinski definition) is 4. The van der Waals surface area contributed by atoms with E-state index in [1.807, 2.05) is 30.3 Å². The highest BCUT2D eigenvalue weighted by Crippen LogP contribution is 2.17. The molecule has 6 heteroatoms. The molecular formula is C14H14BN3O2. The third-order valence-corrected chi connectivity index (χ3v) is 3.26. The highest BCUT2D eigenvalue weighted by atomic mass is 16.4. The number of nitrogens with one attached hydrogen (secondary N) is 2. The first kappa shape index (κ1) is 12.7. The Morgan fingerprint density at radius 2 is 2.00 bits per heavy atom. The van der Waals surface area contributed by atoms with E-state index in [4.69, 9.17) is 0 Å². The number of aromatic amines is 1. The minimum atomic E-state index is -1.45. The van der Waals surface area contributed by atoms with Crippen LogP contribution in [-0.4, -0.2) is 27.4 Å². The van der Waals surface area contributed by atoms with Crippen LogP contribution in [0.3, 0.4) is 0 Å². The zero-order chi connectivity index (χ0) is 13.9. The predicted molar refractivity (Wildman–Crippen MR) is 79.7 cm³/mol. The van der Waals surface area contributed by atoms with Crippen molar-refractivity contribution in [1.82, 2.24) is 10.2 Å². The van der Waals surface area contributed by atoms with E-state index in [0.717, 1.165) is 22.2 Å². The molecule has 3 aromatic rings. The Labute approximate surface area is 116 Å². The molecule has 0 amide bonds. The van der Waals surface area contributed by atoms with Gasteiger partial charge in [0.1, 0.15) is 0 Å². The van der Waals surface area contributed by atoms with Crippen LogP contribution in [-0.2, 0) is 6.54 Å². The van der Waals surface area contributed by atoms with Crippen LogP contribution in [0.4, 0.5) is 5.69 Å². The summed E-state index contributed by atoms with van der Waals surface area (Å²) in [5.41, 5.74) is 3.32. The van der Waals surface area contributed by atoms with Crippen LogP contribution in [0.2, 0.25) is 0 Å². The van der Waals surface area contributed by atoms with Crippen LogP contribution in [0, 0.1) is 0 Å². The summed E-state index contributed by atoms with van der Waals surface area (Å²) in [6, 6.07) is 13.2. The van der Waals surface area contributed by atoms with Crippen molar-refractivity contribution in [3.8, 4) is 0 Å². The summed E-state index contributed by atoms with van der Waals surface area (Å²) >= 11 is 0. The van der Waals surface area contributed by atoms with E-state index in [1.54, 1.807) is 18.3 Å². The summed E-state index contributed by atoms with van der Waals surface area (Å²) in [6.45, 7) is 0.525. The zero-order valence-corrected chi connectivity index (χ0v) is 10.7. The molecular weight excluding hydrogens is 253 g/mol. The normalized spacial score (nSPS) is 10.7. The third-order valence-electron chi connectivity index (χ3n) is 3.26. The van der Waals surface area contributed by atoms with Crippen LogP contribution in [0.1, 0.15) is 5.56 Å². The van der Waals surface area contributed by atoms with Gasteiger partial charge in [0, 0.05) is 17.6 Å². The van der Waals surface area contributed by atoms with Crippen molar-refractivity contribution in [3.05, 3.63) is 54.2 Å². The second-order valence-corrected chi connectivity index (χ2v) is 4.60. The van der Waals surface area contributed by atoms with Crippen LogP contribution < -0.4 is 10.8 Å². The van der Waals surface area contributed by atoms with Gasteiger partial charge in [-0.25, -0.2) is 0 Å². The number of hydrogen-bond acceptors (Lipinski definition) is 4. The molecule has 0 atom stereocenters. The van der Waals surface area contributed by atoms with Crippen molar-refractivity contribution in [2.75, 3.05) is 5.32 Å². The zero-order valence-electron chi connectivity index (χ0n) is 10.7. The fourth-order valence-electron chi connectivity index (χ4n) is 2.20. The van der Waals surface area contributed by atoms with Gasteiger partial charge < -0.3 is 15.4 Å². The van der Waals surface area contributed by atoms with Crippen molar-refractivity contribution >= 4 is 29.2 Å². The molecule has 20 heavy (non-hydrogen) atoms. The van der Waals surface area contributed by atoms with Crippen LogP contribution in [0.15, 0.2) is 48.7 Å². The van der Waals surface area contributed by atoms with Gasteiger partial charge in [0.25, 0.3) is 0 Å². The molecule has 0 saturated heterocycles. The van der Waals surface area contributed by atoms with Gasteiger partial charge in [-0.15, -0.1) is 0 Å². The smallest absolute Gasteiger partial charge is 0.423 e. The van der Waals surface area contributed by atoms with Gasteiger partial charge in [-0.3, -0.25) is 5.10 Å². The van der Waals surface area contributed by atoms with Crippen molar-refractivity contribution in [1.29, 1.82) is 0 Å². The highest BCUT2D eigenvalue weighted by Gasteiger charge is 2.14. The van der Waals surface area contributed by atoms with Crippen molar-refractivity contribution in [2.45, 2.75) is 6.54 Å². The van der Waals surface area contributed by atoms with Gasteiger partial charge in [0.05, 0.1) is 11.7 Å². The number of nitrogens with zero attached hydrogens (tertiary/aromatic N) is 1. The lowest BCUT2D eigenvalue weighted by Crippen LogP contribution is -2.33. The first-order chi connectivity index (χ1) is 9.74.